The van der Waals surface area contributed by atoms with E-state index >= 15 is 0 Å². The van der Waals surface area contributed by atoms with Gasteiger partial charge in [-0.25, -0.2) is 0 Å². The fourth-order valence-corrected chi connectivity index (χ4v) is 6.87. The van der Waals surface area contributed by atoms with E-state index in [1.54, 1.807) is 30.3 Å². The molecule has 2 aliphatic heterocycles. The molecule has 48 heavy (non-hydrogen) atoms. The number of amides is 1. The van der Waals surface area contributed by atoms with E-state index in [2.05, 4.69) is 36.3 Å². The predicted octanol–water partition coefficient (Wildman–Crippen LogP) is 4.32. The zero-order valence-corrected chi connectivity index (χ0v) is 26.9. The summed E-state index contributed by atoms with van der Waals surface area (Å²) in [6.45, 7) is 4.81. The fraction of sp³-hybridized carbons (Fsp3) is 0.471. The number of anilines is 2. The van der Waals surface area contributed by atoms with Gasteiger partial charge < -0.3 is 24.6 Å². The number of nitro benzene ring substituents is 1. The Hall–Kier alpha value is -5.03. The Labute approximate surface area is 278 Å². The van der Waals surface area contributed by atoms with Gasteiger partial charge in [0.25, 0.3) is 5.91 Å². The number of nitrogens with zero attached hydrogens (tertiary/aromatic N) is 7. The van der Waals surface area contributed by atoms with E-state index in [4.69, 9.17) is 9.47 Å². The van der Waals surface area contributed by atoms with Crippen molar-refractivity contribution < 1.29 is 23.6 Å². The third-order valence-corrected chi connectivity index (χ3v) is 9.60. The van der Waals surface area contributed by atoms with Crippen molar-refractivity contribution in [2.75, 3.05) is 56.2 Å². The summed E-state index contributed by atoms with van der Waals surface area (Å²) in [4.78, 5) is 29.9. The van der Waals surface area contributed by atoms with E-state index in [-0.39, 0.29) is 18.1 Å². The molecule has 3 fully saturated rings. The highest BCUT2D eigenvalue weighted by molar-refractivity contribution is 5.92. The Kier molecular flexibility index (Phi) is 10.1. The summed E-state index contributed by atoms with van der Waals surface area (Å²) >= 11 is 0. The van der Waals surface area contributed by atoms with Crippen molar-refractivity contribution in [2.45, 2.75) is 56.7 Å². The lowest BCUT2D eigenvalue weighted by Gasteiger charge is -2.43. The van der Waals surface area contributed by atoms with E-state index in [9.17, 15) is 24.6 Å². The number of nitro groups is 1. The minimum atomic E-state index is -0.808. The maximum atomic E-state index is 14.1. The third kappa shape index (κ3) is 7.57. The number of rotatable bonds is 9. The monoisotopic (exact) mass is 658 g/mol. The van der Waals surface area contributed by atoms with Crippen LogP contribution in [0, 0.1) is 27.3 Å². The summed E-state index contributed by atoms with van der Waals surface area (Å²) < 4.78 is 25.5. The van der Waals surface area contributed by atoms with Crippen LogP contribution in [0.15, 0.2) is 48.5 Å². The number of piperidine rings is 1. The molecule has 0 bridgehead atoms. The molecule has 252 valence electrons. The van der Waals surface area contributed by atoms with Gasteiger partial charge in [0.1, 0.15) is 17.6 Å². The number of benzene rings is 2. The molecule has 13 nitrogen and oxygen atoms in total. The van der Waals surface area contributed by atoms with Crippen molar-refractivity contribution in [1.82, 2.24) is 20.4 Å². The van der Waals surface area contributed by atoms with Gasteiger partial charge in [0.15, 0.2) is 11.5 Å². The summed E-state index contributed by atoms with van der Waals surface area (Å²) in [6, 6.07) is 15.5. The van der Waals surface area contributed by atoms with Crippen molar-refractivity contribution in [3.63, 3.8) is 0 Å². The number of ether oxygens (including phenoxy) is 2. The zero-order chi connectivity index (χ0) is 33.6. The van der Waals surface area contributed by atoms with Gasteiger partial charge in [-0.15, -0.1) is 10.2 Å². The van der Waals surface area contributed by atoms with E-state index in [0.29, 0.717) is 34.5 Å². The highest BCUT2D eigenvalue weighted by Crippen LogP contribution is 2.29. The van der Waals surface area contributed by atoms with Crippen molar-refractivity contribution >= 4 is 23.1 Å². The van der Waals surface area contributed by atoms with Crippen molar-refractivity contribution in [1.29, 1.82) is 5.26 Å². The second-order valence-corrected chi connectivity index (χ2v) is 12.4. The molecule has 0 spiro atoms. The Morgan fingerprint density at radius 2 is 1.71 bits per heavy atom. The van der Waals surface area contributed by atoms with Gasteiger partial charge in [-0.2, -0.15) is 9.65 Å². The van der Waals surface area contributed by atoms with Crippen molar-refractivity contribution in [3.8, 4) is 17.6 Å². The average Bonchev–Trinajstić information content (AvgIpc) is 3.12. The molecule has 1 aliphatic carbocycles. The Balaban J connectivity index is 0.919. The minimum absolute atomic E-state index is 0.0250. The van der Waals surface area contributed by atoms with Crippen LogP contribution >= 0.6 is 0 Å². The first-order valence-corrected chi connectivity index (χ1v) is 16.4. The van der Waals surface area contributed by atoms with Crippen LogP contribution in [-0.2, 0) is 0 Å². The SMILES string of the molecule is COc1cc(OC2CCC(NC(=O)c3ccc(N4CCC(N5CCN(c6ccc([N+](=O)[O-])c(F)c6)CC5)CC4)nn3)CC2)ccc1C#N. The lowest BCUT2D eigenvalue weighted by Crippen LogP contribution is -2.53. The summed E-state index contributed by atoms with van der Waals surface area (Å²) in [7, 11) is 1.53. The number of nitriles is 1. The standard InChI is InChI=1S/C34H39FN8O5/c1-47-32-21-28(6-2-23(32)22-36)48-27-7-3-24(4-8-27)37-34(44)30-9-11-33(39-38-30)42-14-12-25(13-15-42)40-16-18-41(19-17-40)26-5-10-31(43(45)46)29(35)20-26/h2,5-6,9-11,20-21,24-25,27H,3-4,7-8,12-19H2,1H3,(H,37,44). The highest BCUT2D eigenvalue weighted by Gasteiger charge is 2.29. The summed E-state index contributed by atoms with van der Waals surface area (Å²) in [5, 5.41) is 31.8. The van der Waals surface area contributed by atoms with Crippen molar-refractivity contribution in [2.24, 2.45) is 0 Å². The van der Waals surface area contributed by atoms with Crippen LogP contribution in [-0.4, -0.2) is 90.5 Å². The van der Waals surface area contributed by atoms with Gasteiger partial charge in [-0.3, -0.25) is 19.8 Å². The molecule has 6 rings (SSSR count). The molecule has 2 aromatic carbocycles. The molecule has 2 saturated heterocycles. The smallest absolute Gasteiger partial charge is 0.304 e. The molecule has 3 aromatic rings. The molecule has 3 aliphatic rings. The summed E-state index contributed by atoms with van der Waals surface area (Å²) in [6.07, 6.45) is 5.13. The molecule has 3 heterocycles. The minimum Gasteiger partial charge on any atom is -0.495 e. The molecule has 0 atom stereocenters. The molecule has 1 N–H and O–H groups in total. The number of aromatic nitrogens is 2. The second kappa shape index (κ2) is 14.8. The van der Waals surface area contributed by atoms with Gasteiger partial charge in [-0.1, -0.05) is 0 Å². The molecule has 0 unspecified atom stereocenters. The molecule has 1 aromatic heterocycles. The van der Waals surface area contributed by atoms with Crippen LogP contribution in [0.2, 0.25) is 0 Å². The third-order valence-electron chi connectivity index (χ3n) is 9.60. The number of carbonyl (C=O) groups is 1. The van der Waals surface area contributed by atoms with E-state index in [1.807, 2.05) is 6.07 Å². The van der Waals surface area contributed by atoms with E-state index < -0.39 is 16.4 Å². The quantitative estimate of drug-likeness (QED) is 0.259. The van der Waals surface area contributed by atoms with Crippen LogP contribution in [0.5, 0.6) is 11.5 Å². The molecule has 1 saturated carbocycles. The van der Waals surface area contributed by atoms with Crippen LogP contribution in [0.4, 0.5) is 21.6 Å². The molecular weight excluding hydrogens is 619 g/mol. The van der Waals surface area contributed by atoms with Gasteiger partial charge in [0.2, 0.25) is 5.82 Å². The van der Waals surface area contributed by atoms with E-state index in [1.165, 1.54) is 19.2 Å². The molecule has 0 radical (unpaired) electrons. The van der Waals surface area contributed by atoms with Gasteiger partial charge >= 0.3 is 5.69 Å². The van der Waals surface area contributed by atoms with Crippen LogP contribution < -0.4 is 24.6 Å². The van der Waals surface area contributed by atoms with Crippen LogP contribution in [0.1, 0.15) is 54.6 Å². The Bertz CT molecular complexity index is 1640. The number of hydrogen-bond donors (Lipinski definition) is 1. The largest absolute Gasteiger partial charge is 0.495 e. The van der Waals surface area contributed by atoms with Crippen LogP contribution in [0.3, 0.4) is 0 Å². The zero-order valence-electron chi connectivity index (χ0n) is 26.9. The number of methoxy groups -OCH3 is 1. The maximum absolute atomic E-state index is 14.1. The number of halogens is 1. The second-order valence-electron chi connectivity index (χ2n) is 12.4. The topological polar surface area (TPSA) is 150 Å². The van der Waals surface area contributed by atoms with E-state index in [0.717, 1.165) is 83.6 Å². The lowest BCUT2D eigenvalue weighted by molar-refractivity contribution is -0.387. The number of hydrogen-bond acceptors (Lipinski definition) is 11. The number of nitrogens with one attached hydrogen (secondary N) is 1. The normalized spacial score (nSPS) is 20.5. The molecular formula is C34H39FN8O5. The first-order valence-electron chi connectivity index (χ1n) is 16.4. The fourth-order valence-electron chi connectivity index (χ4n) is 6.87. The average molecular weight is 659 g/mol. The first-order chi connectivity index (χ1) is 23.3. The van der Waals surface area contributed by atoms with Gasteiger partial charge in [-0.05, 0) is 68.9 Å². The number of carbonyl (C=O) groups excluding carboxylic acids is 1. The summed E-state index contributed by atoms with van der Waals surface area (Å²) in [5.41, 5.74) is 0.922. The first kappa shape index (κ1) is 32.9. The highest BCUT2D eigenvalue weighted by atomic mass is 19.1. The van der Waals surface area contributed by atoms with Crippen molar-refractivity contribution in [3.05, 3.63) is 75.7 Å². The number of piperazine rings is 1. The van der Waals surface area contributed by atoms with Crippen LogP contribution in [0.25, 0.3) is 0 Å². The maximum Gasteiger partial charge on any atom is 0.304 e. The Morgan fingerprint density at radius 1 is 0.958 bits per heavy atom. The predicted molar refractivity (Wildman–Crippen MR) is 176 cm³/mol. The summed E-state index contributed by atoms with van der Waals surface area (Å²) in [5.74, 6) is 0.868. The lowest BCUT2D eigenvalue weighted by atomic mass is 9.92. The van der Waals surface area contributed by atoms with Gasteiger partial charge in [0, 0.05) is 75.2 Å². The molecule has 1 amide bonds. The molecule has 14 heteroatoms. The van der Waals surface area contributed by atoms with Gasteiger partial charge in [0.05, 0.1) is 23.7 Å². The Morgan fingerprint density at radius 3 is 2.33 bits per heavy atom.